The van der Waals surface area contributed by atoms with Crippen molar-refractivity contribution >= 4 is 16.3 Å². The van der Waals surface area contributed by atoms with Crippen molar-refractivity contribution < 1.29 is 26.4 Å². The van der Waals surface area contributed by atoms with Crippen LogP contribution >= 0.6 is 0 Å². The smallest absolute Gasteiger partial charge is 0.246 e. The molecule has 0 aliphatic carbocycles. The summed E-state index contributed by atoms with van der Waals surface area (Å²) in [5, 5.41) is 2.71. The van der Waals surface area contributed by atoms with Crippen molar-refractivity contribution in [2.24, 2.45) is 0 Å². The van der Waals surface area contributed by atoms with Crippen LogP contribution in [0.3, 0.4) is 0 Å². The topological polar surface area (TPSA) is 95.5 Å². The Bertz CT molecular complexity index is 417. The average Bonchev–Trinajstić information content (AvgIpc) is 2.21. The summed E-state index contributed by atoms with van der Waals surface area (Å²) < 4.78 is 35.5. The van der Waals surface area contributed by atoms with E-state index in [1.54, 1.807) is 6.92 Å². The van der Waals surface area contributed by atoms with E-state index in [1.807, 2.05) is 14.1 Å². The van der Waals surface area contributed by atoms with Crippen LogP contribution in [0.1, 0.15) is 13.3 Å². The van der Waals surface area contributed by atoms with Crippen LogP contribution in [-0.4, -0.2) is 63.7 Å². The van der Waals surface area contributed by atoms with Crippen molar-refractivity contribution in [3.05, 3.63) is 12.2 Å². The van der Waals surface area contributed by atoms with E-state index < -0.39 is 10.4 Å². The van der Waals surface area contributed by atoms with E-state index in [0.29, 0.717) is 23.1 Å². The first-order chi connectivity index (χ1) is 8.53. The number of amides is 1. The maximum Gasteiger partial charge on any atom is 0.246 e. The normalized spacial score (nSPS) is 12.2. The van der Waals surface area contributed by atoms with Gasteiger partial charge < -0.3 is 14.4 Å². The number of likely N-dealkylation sites (N-methyl/N-ethyl adjacent to an activating group) is 1. The molecule has 0 aromatic carbocycles. The molecule has 0 unspecified atom stereocenters. The van der Waals surface area contributed by atoms with Crippen LogP contribution in [0.4, 0.5) is 0 Å². The van der Waals surface area contributed by atoms with E-state index in [0.717, 1.165) is 13.0 Å². The van der Waals surface area contributed by atoms with Gasteiger partial charge in [-0.2, -0.15) is 0 Å². The van der Waals surface area contributed by atoms with Gasteiger partial charge in [-0.15, -0.1) is 0 Å². The van der Waals surface area contributed by atoms with Gasteiger partial charge in [-0.05, 0) is 6.92 Å². The molecule has 1 amide bonds. The van der Waals surface area contributed by atoms with Gasteiger partial charge in [-0.3, -0.25) is 8.98 Å². The number of nitrogens with zero attached hydrogens (tertiary/aromatic N) is 1. The molecule has 0 saturated heterocycles. The van der Waals surface area contributed by atoms with Crippen molar-refractivity contribution in [1.29, 1.82) is 0 Å². The van der Waals surface area contributed by atoms with Gasteiger partial charge in [0.15, 0.2) is 0 Å². The molecule has 1 N–H and O–H groups in total. The third-order valence-electron chi connectivity index (χ3n) is 2.54. The Balaban J connectivity index is 3.85. The number of nitrogens with one attached hydrogen (secondary N) is 1. The minimum absolute atomic E-state index is 0.142. The van der Waals surface area contributed by atoms with Crippen LogP contribution in [0.25, 0.3) is 0 Å². The highest BCUT2D eigenvalue weighted by atomic mass is 32.3. The average molecular weight is 294 g/mol. The zero-order valence-electron chi connectivity index (χ0n) is 11.6. The Morgan fingerprint density at radius 3 is 2.42 bits per heavy atom. The molecule has 0 bridgehead atoms. The summed E-state index contributed by atoms with van der Waals surface area (Å²) in [6.45, 7) is 6.66. The molecule has 0 heterocycles. The van der Waals surface area contributed by atoms with Crippen molar-refractivity contribution in [1.82, 2.24) is 5.32 Å². The van der Waals surface area contributed by atoms with Crippen LogP contribution in [0, 0.1) is 0 Å². The number of carbonyl (C=O) groups excluding carboxylic acids is 1. The summed E-state index contributed by atoms with van der Waals surface area (Å²) in [5.74, 6) is -0.175. The molecule has 0 radical (unpaired) electrons. The molecule has 0 spiro atoms. The fourth-order valence-corrected chi connectivity index (χ4v) is 1.64. The molecule has 0 aliphatic heterocycles. The maximum absolute atomic E-state index is 11.2. The lowest BCUT2D eigenvalue weighted by Crippen LogP contribution is -2.44. The number of quaternary nitrogens is 1. The second kappa shape index (κ2) is 7.59. The lowest BCUT2D eigenvalue weighted by atomic mass is 10.3. The highest BCUT2D eigenvalue weighted by molar-refractivity contribution is 7.80. The molecule has 8 heteroatoms. The molecule has 0 saturated carbocycles. The number of rotatable bonds is 9. The van der Waals surface area contributed by atoms with E-state index in [9.17, 15) is 17.8 Å². The second-order valence-corrected chi connectivity index (χ2v) is 6.06. The fourth-order valence-electron chi connectivity index (χ4n) is 1.36. The van der Waals surface area contributed by atoms with Crippen molar-refractivity contribution in [2.45, 2.75) is 13.3 Å². The van der Waals surface area contributed by atoms with Gasteiger partial charge in [-0.25, -0.2) is 8.42 Å². The number of carbonyl (C=O) groups is 1. The molecule has 0 fully saturated rings. The van der Waals surface area contributed by atoms with Gasteiger partial charge in [0, 0.05) is 18.5 Å². The molecule has 19 heavy (non-hydrogen) atoms. The highest BCUT2D eigenvalue weighted by Gasteiger charge is 2.15. The van der Waals surface area contributed by atoms with Crippen molar-refractivity contribution in [3.8, 4) is 0 Å². The van der Waals surface area contributed by atoms with Gasteiger partial charge in [0.25, 0.3) is 0 Å². The Kier molecular flexibility index (Phi) is 7.20. The summed E-state index contributed by atoms with van der Waals surface area (Å²) in [5.41, 5.74) is 0.461. The Morgan fingerprint density at radius 2 is 1.95 bits per heavy atom. The van der Waals surface area contributed by atoms with Gasteiger partial charge in [0.1, 0.15) is 13.2 Å². The van der Waals surface area contributed by atoms with Crippen LogP contribution in [-0.2, 0) is 19.4 Å². The minimum atomic E-state index is -4.62. The largest absolute Gasteiger partial charge is 0.726 e. The minimum Gasteiger partial charge on any atom is -0.726 e. The van der Waals surface area contributed by atoms with E-state index in [1.165, 1.54) is 0 Å². The first kappa shape index (κ1) is 18.0. The molecular formula is C11H22N2O5S. The summed E-state index contributed by atoms with van der Waals surface area (Å²) in [6.07, 6.45) is 0.732. The zero-order chi connectivity index (χ0) is 15.1. The van der Waals surface area contributed by atoms with E-state index >= 15 is 0 Å². The molecular weight excluding hydrogens is 272 g/mol. The van der Waals surface area contributed by atoms with Crippen LogP contribution in [0.5, 0.6) is 0 Å². The molecule has 0 rings (SSSR count). The van der Waals surface area contributed by atoms with E-state index in [2.05, 4.69) is 16.1 Å². The molecule has 0 aromatic heterocycles. The summed E-state index contributed by atoms with van der Waals surface area (Å²) >= 11 is 0. The first-order valence-corrected chi connectivity index (χ1v) is 7.23. The molecule has 7 nitrogen and oxygen atoms in total. The number of hydrogen-bond donors (Lipinski definition) is 1. The van der Waals surface area contributed by atoms with Crippen LogP contribution in [0.2, 0.25) is 0 Å². The fraction of sp³-hybridized carbons (Fsp3) is 0.727. The first-order valence-electron chi connectivity index (χ1n) is 5.89. The molecule has 0 aromatic rings. The van der Waals surface area contributed by atoms with Gasteiger partial charge in [0.05, 0.1) is 20.6 Å². The third kappa shape index (κ3) is 10.6. The van der Waals surface area contributed by atoms with Gasteiger partial charge in [-0.1, -0.05) is 6.58 Å². The van der Waals surface area contributed by atoms with Gasteiger partial charge >= 0.3 is 0 Å². The second-order valence-electron chi connectivity index (χ2n) is 5.00. The Labute approximate surface area is 114 Å². The lowest BCUT2D eigenvalue weighted by molar-refractivity contribution is -0.890. The third-order valence-corrected chi connectivity index (χ3v) is 2.99. The summed E-state index contributed by atoms with van der Waals surface area (Å²) in [6, 6.07) is 0. The molecule has 112 valence electrons. The predicted molar refractivity (Wildman–Crippen MR) is 69.9 cm³/mol. The summed E-state index contributed by atoms with van der Waals surface area (Å²) in [7, 11) is -0.839. The van der Waals surface area contributed by atoms with Crippen LogP contribution < -0.4 is 5.32 Å². The maximum atomic E-state index is 11.2. The predicted octanol–water partition coefficient (Wildman–Crippen LogP) is -0.378. The quantitative estimate of drug-likeness (QED) is 0.206. The SMILES string of the molecule is C=C(C)C(=O)NCCC[N+](C)(C)CCOS(=O)(=O)[O-]. The molecule has 0 atom stereocenters. The monoisotopic (exact) mass is 294 g/mol. The summed E-state index contributed by atoms with van der Waals surface area (Å²) in [4.78, 5) is 11.2. The van der Waals surface area contributed by atoms with Crippen molar-refractivity contribution in [2.75, 3.05) is 40.3 Å². The zero-order valence-corrected chi connectivity index (χ0v) is 12.5. The molecule has 0 aliphatic rings. The lowest BCUT2D eigenvalue weighted by Gasteiger charge is -2.29. The van der Waals surface area contributed by atoms with E-state index in [4.69, 9.17) is 0 Å². The highest BCUT2D eigenvalue weighted by Crippen LogP contribution is 2.00. The van der Waals surface area contributed by atoms with Crippen molar-refractivity contribution in [3.63, 3.8) is 0 Å². The van der Waals surface area contributed by atoms with Gasteiger partial charge in [0.2, 0.25) is 16.3 Å². The Morgan fingerprint density at radius 1 is 1.37 bits per heavy atom. The standard InChI is InChI=1S/C11H22N2O5S/c1-10(2)11(14)12-6-5-7-13(3,4)8-9-18-19(15,16)17/h1,5-9H2,2-4H3,(H-,12,14,15,16,17). The van der Waals surface area contributed by atoms with Crippen LogP contribution in [0.15, 0.2) is 12.2 Å². The Hall–Kier alpha value is -0.960. The number of hydrogen-bond acceptors (Lipinski definition) is 5. The van der Waals surface area contributed by atoms with E-state index in [-0.39, 0.29) is 12.5 Å².